The first-order valence-electron chi connectivity index (χ1n) is 7.27. The van der Waals surface area contributed by atoms with Crippen LogP contribution in [-0.4, -0.2) is 37.4 Å². The average Bonchev–Trinajstić information content (AvgIpc) is 2.61. The fourth-order valence-electron chi connectivity index (χ4n) is 2.25. The van der Waals surface area contributed by atoms with Gasteiger partial charge in [0.2, 0.25) is 5.91 Å². The predicted molar refractivity (Wildman–Crippen MR) is 95.3 cm³/mol. The Morgan fingerprint density at radius 1 is 1.17 bits per heavy atom. The van der Waals surface area contributed by atoms with Crippen LogP contribution in [0.3, 0.4) is 0 Å². The van der Waals surface area contributed by atoms with Crippen LogP contribution in [0.2, 0.25) is 0 Å². The topological polar surface area (TPSA) is 66.8 Å². The van der Waals surface area contributed by atoms with E-state index in [1.165, 1.54) is 22.7 Å². The van der Waals surface area contributed by atoms with E-state index in [9.17, 15) is 14.7 Å². The number of thioether (sulfide) groups is 1. The van der Waals surface area contributed by atoms with Gasteiger partial charge in [0.1, 0.15) is 5.75 Å². The maximum absolute atomic E-state index is 12.4. The number of carboxylic acids is 1. The highest BCUT2D eigenvalue weighted by atomic mass is 32.2. The van der Waals surface area contributed by atoms with Gasteiger partial charge in [-0.1, -0.05) is 12.1 Å². The van der Waals surface area contributed by atoms with Gasteiger partial charge in [-0.2, -0.15) is 0 Å². The molecule has 0 radical (unpaired) electrons. The molecule has 0 heterocycles. The van der Waals surface area contributed by atoms with E-state index in [0.29, 0.717) is 10.6 Å². The van der Waals surface area contributed by atoms with Gasteiger partial charge in [0.05, 0.1) is 19.1 Å². The Morgan fingerprint density at radius 2 is 1.83 bits per heavy atom. The number of carboxylic acid groups (broad SMARTS) is 1. The van der Waals surface area contributed by atoms with E-state index in [4.69, 9.17) is 4.74 Å². The zero-order valence-corrected chi connectivity index (χ0v) is 14.6. The molecular formula is C18H19NO4S. The van der Waals surface area contributed by atoms with Gasteiger partial charge in [0.15, 0.2) is 0 Å². The third kappa shape index (κ3) is 4.08. The average molecular weight is 345 g/mol. The quantitative estimate of drug-likeness (QED) is 0.814. The maximum atomic E-state index is 12.4. The van der Waals surface area contributed by atoms with E-state index in [1.807, 2.05) is 18.4 Å². The van der Waals surface area contributed by atoms with Crippen molar-refractivity contribution in [2.24, 2.45) is 0 Å². The Hall–Kier alpha value is -2.47. The first kappa shape index (κ1) is 17.9. The molecule has 0 saturated heterocycles. The molecule has 2 aromatic carbocycles. The number of benzene rings is 2. The molecule has 0 atom stereocenters. The highest BCUT2D eigenvalue weighted by molar-refractivity contribution is 7.98. The molecule has 0 unspecified atom stereocenters. The first-order chi connectivity index (χ1) is 11.5. The summed E-state index contributed by atoms with van der Waals surface area (Å²) >= 11 is 1.36. The van der Waals surface area contributed by atoms with E-state index >= 15 is 0 Å². The fourth-order valence-corrected chi connectivity index (χ4v) is 2.82. The monoisotopic (exact) mass is 345 g/mol. The Labute approximate surface area is 145 Å². The molecule has 0 bridgehead atoms. The molecule has 6 heteroatoms. The number of methoxy groups -OCH3 is 1. The molecule has 2 rings (SSSR count). The minimum Gasteiger partial charge on any atom is -0.497 e. The normalized spacial score (nSPS) is 10.3. The van der Waals surface area contributed by atoms with Crippen molar-refractivity contribution in [2.75, 3.05) is 25.3 Å². The Morgan fingerprint density at radius 3 is 2.38 bits per heavy atom. The summed E-state index contributed by atoms with van der Waals surface area (Å²) in [5.74, 6) is -0.385. The van der Waals surface area contributed by atoms with E-state index in [1.54, 1.807) is 38.4 Å². The lowest BCUT2D eigenvalue weighted by molar-refractivity contribution is -0.117. The Bertz CT molecular complexity index is 743. The van der Waals surface area contributed by atoms with Gasteiger partial charge < -0.3 is 14.7 Å². The van der Waals surface area contributed by atoms with Gasteiger partial charge in [-0.05, 0) is 42.2 Å². The van der Waals surface area contributed by atoms with Crippen molar-refractivity contribution in [3.63, 3.8) is 0 Å². The first-order valence-corrected chi connectivity index (χ1v) is 8.49. The molecule has 1 amide bonds. The number of anilines is 1. The number of aromatic carboxylic acids is 1. The molecular weight excluding hydrogens is 326 g/mol. The standard InChI is InChI=1S/C18H19NO4S/c1-19(13-6-9-16(24-3)15(11-13)18(21)22)17(20)10-12-4-7-14(23-2)8-5-12/h4-9,11H,10H2,1-3H3,(H,21,22). The summed E-state index contributed by atoms with van der Waals surface area (Å²) in [6, 6.07) is 12.3. The molecule has 24 heavy (non-hydrogen) atoms. The molecule has 126 valence electrons. The molecule has 0 fully saturated rings. The minimum atomic E-state index is -1.00. The minimum absolute atomic E-state index is 0.117. The molecule has 5 nitrogen and oxygen atoms in total. The Kier molecular flexibility index (Phi) is 5.87. The summed E-state index contributed by atoms with van der Waals surface area (Å²) in [6.45, 7) is 0. The second-order valence-electron chi connectivity index (χ2n) is 5.17. The summed E-state index contributed by atoms with van der Waals surface area (Å²) < 4.78 is 5.10. The molecule has 0 aromatic heterocycles. The summed E-state index contributed by atoms with van der Waals surface area (Å²) in [5.41, 5.74) is 1.62. The van der Waals surface area contributed by atoms with Crippen LogP contribution in [0.1, 0.15) is 15.9 Å². The van der Waals surface area contributed by atoms with Crippen LogP contribution >= 0.6 is 11.8 Å². The van der Waals surface area contributed by atoms with Crippen molar-refractivity contribution in [3.8, 4) is 5.75 Å². The molecule has 2 aromatic rings. The van der Waals surface area contributed by atoms with Crippen molar-refractivity contribution >= 4 is 29.3 Å². The van der Waals surface area contributed by atoms with Crippen LogP contribution in [0.15, 0.2) is 47.4 Å². The van der Waals surface area contributed by atoms with Gasteiger partial charge in [0, 0.05) is 17.6 Å². The molecule has 0 aliphatic carbocycles. The van der Waals surface area contributed by atoms with E-state index in [-0.39, 0.29) is 17.9 Å². The second-order valence-corrected chi connectivity index (χ2v) is 6.02. The maximum Gasteiger partial charge on any atom is 0.336 e. The van der Waals surface area contributed by atoms with Gasteiger partial charge in [-0.3, -0.25) is 4.79 Å². The molecule has 0 aliphatic heterocycles. The van der Waals surface area contributed by atoms with Gasteiger partial charge in [-0.25, -0.2) is 4.79 Å². The van der Waals surface area contributed by atoms with Crippen LogP contribution in [0, 0.1) is 0 Å². The number of ether oxygens (including phenoxy) is 1. The van der Waals surface area contributed by atoms with Crippen molar-refractivity contribution < 1.29 is 19.4 Å². The molecule has 0 spiro atoms. The van der Waals surface area contributed by atoms with Crippen molar-refractivity contribution in [3.05, 3.63) is 53.6 Å². The third-order valence-electron chi connectivity index (χ3n) is 3.69. The van der Waals surface area contributed by atoms with Crippen LogP contribution in [-0.2, 0) is 11.2 Å². The lowest BCUT2D eigenvalue weighted by atomic mass is 10.1. The number of nitrogens with zero attached hydrogens (tertiary/aromatic N) is 1. The van der Waals surface area contributed by atoms with Gasteiger partial charge in [-0.15, -0.1) is 11.8 Å². The van der Waals surface area contributed by atoms with E-state index in [0.717, 1.165) is 11.3 Å². The SMILES string of the molecule is COc1ccc(CC(=O)N(C)c2ccc(SC)c(C(=O)O)c2)cc1. The predicted octanol–water partition coefficient (Wildman–Crippen LogP) is 3.32. The summed E-state index contributed by atoms with van der Waals surface area (Å²) in [7, 11) is 3.23. The molecule has 0 saturated carbocycles. The number of hydrogen-bond acceptors (Lipinski definition) is 4. The number of amides is 1. The highest BCUT2D eigenvalue weighted by Gasteiger charge is 2.16. The Balaban J connectivity index is 2.17. The largest absolute Gasteiger partial charge is 0.497 e. The van der Waals surface area contributed by atoms with Crippen LogP contribution < -0.4 is 9.64 Å². The fraction of sp³-hybridized carbons (Fsp3) is 0.222. The van der Waals surface area contributed by atoms with E-state index < -0.39 is 5.97 Å². The summed E-state index contributed by atoms with van der Waals surface area (Å²) in [4.78, 5) is 25.9. The van der Waals surface area contributed by atoms with Crippen molar-refractivity contribution in [2.45, 2.75) is 11.3 Å². The third-order valence-corrected chi connectivity index (χ3v) is 4.49. The molecule has 0 aliphatic rings. The van der Waals surface area contributed by atoms with Crippen LogP contribution in [0.4, 0.5) is 5.69 Å². The van der Waals surface area contributed by atoms with Crippen LogP contribution in [0.5, 0.6) is 5.75 Å². The number of likely N-dealkylation sites (N-methyl/N-ethyl adjacent to an activating group) is 1. The highest BCUT2D eigenvalue weighted by Crippen LogP contribution is 2.26. The van der Waals surface area contributed by atoms with Crippen molar-refractivity contribution in [1.82, 2.24) is 0 Å². The van der Waals surface area contributed by atoms with Crippen molar-refractivity contribution in [1.29, 1.82) is 0 Å². The number of carbonyl (C=O) groups is 2. The number of carbonyl (C=O) groups excluding carboxylic acids is 1. The second kappa shape index (κ2) is 7.88. The van der Waals surface area contributed by atoms with E-state index in [2.05, 4.69) is 0 Å². The van der Waals surface area contributed by atoms with Crippen LogP contribution in [0.25, 0.3) is 0 Å². The number of hydrogen-bond donors (Lipinski definition) is 1. The molecule has 1 N–H and O–H groups in total. The van der Waals surface area contributed by atoms with Gasteiger partial charge >= 0.3 is 5.97 Å². The lowest BCUT2D eigenvalue weighted by Crippen LogP contribution is -2.28. The zero-order chi connectivity index (χ0) is 17.7. The van der Waals surface area contributed by atoms with Gasteiger partial charge in [0.25, 0.3) is 0 Å². The lowest BCUT2D eigenvalue weighted by Gasteiger charge is -2.19. The smallest absolute Gasteiger partial charge is 0.336 e. The zero-order valence-electron chi connectivity index (χ0n) is 13.8. The number of rotatable bonds is 6. The summed E-state index contributed by atoms with van der Waals surface area (Å²) in [5, 5.41) is 9.30. The summed E-state index contributed by atoms with van der Waals surface area (Å²) in [6.07, 6.45) is 2.05.